The predicted octanol–water partition coefficient (Wildman–Crippen LogP) is 3.18. The zero-order chi connectivity index (χ0) is 14.5. The lowest BCUT2D eigenvalue weighted by molar-refractivity contribution is 0.152. The van der Waals surface area contributed by atoms with Gasteiger partial charge in [0.1, 0.15) is 0 Å². The Labute approximate surface area is 118 Å². The number of hydrogen-bond donors (Lipinski definition) is 0. The zero-order valence-electron chi connectivity index (χ0n) is 11.6. The summed E-state index contributed by atoms with van der Waals surface area (Å²) in [7, 11) is 0. The summed E-state index contributed by atoms with van der Waals surface area (Å²) in [5.41, 5.74) is 0.543. The normalized spacial score (nSPS) is 29.1. The molecule has 1 saturated carbocycles. The SMILES string of the molecule is CC1(Cc2ccccc2)CCC(N=C=O)(N=C=O)CC1. The van der Waals surface area contributed by atoms with Crippen LogP contribution in [0.5, 0.6) is 0 Å². The molecule has 104 valence electrons. The number of nitrogens with zero attached hydrogens (tertiary/aromatic N) is 2. The van der Waals surface area contributed by atoms with Crippen LogP contribution >= 0.6 is 0 Å². The summed E-state index contributed by atoms with van der Waals surface area (Å²) in [4.78, 5) is 28.5. The van der Waals surface area contributed by atoms with E-state index in [2.05, 4.69) is 29.0 Å². The molecular formula is C16H18N2O2. The Morgan fingerprint density at radius 2 is 1.55 bits per heavy atom. The fourth-order valence-electron chi connectivity index (χ4n) is 2.94. The van der Waals surface area contributed by atoms with Crippen LogP contribution < -0.4 is 0 Å². The second kappa shape index (κ2) is 5.96. The number of isocyanates is 2. The van der Waals surface area contributed by atoms with E-state index in [1.54, 1.807) is 12.2 Å². The van der Waals surface area contributed by atoms with Crippen LogP contribution in [0.1, 0.15) is 38.2 Å². The lowest BCUT2D eigenvalue weighted by atomic mass is 9.69. The third kappa shape index (κ3) is 3.30. The molecule has 0 heterocycles. The fourth-order valence-corrected chi connectivity index (χ4v) is 2.94. The molecule has 4 heteroatoms. The third-order valence-electron chi connectivity index (χ3n) is 4.24. The van der Waals surface area contributed by atoms with Crippen molar-refractivity contribution in [2.45, 2.75) is 44.7 Å². The molecular weight excluding hydrogens is 252 g/mol. The summed E-state index contributed by atoms with van der Waals surface area (Å²) in [5.74, 6) is 0. The number of hydrogen-bond acceptors (Lipinski definition) is 4. The van der Waals surface area contributed by atoms with E-state index < -0.39 is 5.66 Å². The number of benzene rings is 1. The maximum Gasteiger partial charge on any atom is 0.237 e. The molecule has 0 spiro atoms. The van der Waals surface area contributed by atoms with Gasteiger partial charge in [-0.25, -0.2) is 9.59 Å². The van der Waals surface area contributed by atoms with Gasteiger partial charge in [0.05, 0.1) is 0 Å². The minimum absolute atomic E-state index is 0.154. The maximum absolute atomic E-state index is 10.5. The van der Waals surface area contributed by atoms with Crippen LogP contribution in [0.2, 0.25) is 0 Å². The average Bonchev–Trinajstić information content (AvgIpc) is 2.44. The molecule has 0 amide bonds. The van der Waals surface area contributed by atoms with Crippen LogP contribution in [0.3, 0.4) is 0 Å². The Bertz CT molecular complexity index is 527. The Morgan fingerprint density at radius 1 is 1.00 bits per heavy atom. The summed E-state index contributed by atoms with van der Waals surface area (Å²) in [6.45, 7) is 2.24. The van der Waals surface area contributed by atoms with Crippen molar-refractivity contribution in [2.24, 2.45) is 15.4 Å². The smallest absolute Gasteiger partial charge is 0.211 e. The monoisotopic (exact) mass is 270 g/mol. The highest BCUT2D eigenvalue weighted by molar-refractivity contribution is 5.39. The summed E-state index contributed by atoms with van der Waals surface area (Å²) >= 11 is 0. The number of rotatable bonds is 4. The summed E-state index contributed by atoms with van der Waals surface area (Å²) in [5, 5.41) is 0. The summed E-state index contributed by atoms with van der Waals surface area (Å²) in [6, 6.07) is 10.3. The van der Waals surface area contributed by atoms with Gasteiger partial charge in [-0.15, -0.1) is 0 Å². The highest BCUT2D eigenvalue weighted by Gasteiger charge is 2.40. The van der Waals surface area contributed by atoms with Crippen molar-refractivity contribution in [3.05, 3.63) is 35.9 Å². The van der Waals surface area contributed by atoms with Crippen molar-refractivity contribution in [3.63, 3.8) is 0 Å². The second-order valence-electron chi connectivity index (χ2n) is 5.86. The predicted molar refractivity (Wildman–Crippen MR) is 75.7 cm³/mol. The van der Waals surface area contributed by atoms with Crippen LogP contribution in [0.25, 0.3) is 0 Å². The van der Waals surface area contributed by atoms with Crippen LogP contribution in [-0.4, -0.2) is 17.8 Å². The molecule has 1 fully saturated rings. The van der Waals surface area contributed by atoms with E-state index in [0.717, 1.165) is 19.3 Å². The Kier molecular flexibility index (Phi) is 4.29. The topological polar surface area (TPSA) is 58.9 Å². The quantitative estimate of drug-likeness (QED) is 0.623. The van der Waals surface area contributed by atoms with E-state index in [4.69, 9.17) is 0 Å². The van der Waals surface area contributed by atoms with E-state index in [-0.39, 0.29) is 5.41 Å². The highest BCUT2D eigenvalue weighted by atomic mass is 16.1. The standard InChI is InChI=1S/C16H18N2O2/c1-15(11-14-5-3-2-4-6-14)7-9-16(10-8-15,17-12-19)18-13-20/h2-6H,7-11H2,1H3. The molecule has 2 rings (SSSR count). The van der Waals surface area contributed by atoms with Crippen molar-refractivity contribution < 1.29 is 9.59 Å². The fraction of sp³-hybridized carbons (Fsp3) is 0.500. The van der Waals surface area contributed by atoms with Gasteiger partial charge in [0.15, 0.2) is 5.66 Å². The van der Waals surface area contributed by atoms with E-state index >= 15 is 0 Å². The summed E-state index contributed by atoms with van der Waals surface area (Å²) in [6.07, 6.45) is 7.01. The van der Waals surface area contributed by atoms with Crippen molar-refractivity contribution in [3.8, 4) is 0 Å². The number of aliphatic imine (C=N–C) groups is 2. The third-order valence-corrected chi connectivity index (χ3v) is 4.24. The first-order valence-electron chi connectivity index (χ1n) is 6.83. The minimum Gasteiger partial charge on any atom is -0.211 e. The van der Waals surface area contributed by atoms with Gasteiger partial charge in [0.2, 0.25) is 12.2 Å². The van der Waals surface area contributed by atoms with Gasteiger partial charge in [0.25, 0.3) is 0 Å². The van der Waals surface area contributed by atoms with Gasteiger partial charge in [-0.1, -0.05) is 37.3 Å². The molecule has 0 aromatic heterocycles. The van der Waals surface area contributed by atoms with Gasteiger partial charge in [-0.2, -0.15) is 9.98 Å². The second-order valence-corrected chi connectivity index (χ2v) is 5.86. The minimum atomic E-state index is -0.917. The van der Waals surface area contributed by atoms with Gasteiger partial charge in [-0.05, 0) is 43.1 Å². The van der Waals surface area contributed by atoms with Crippen molar-refractivity contribution in [2.75, 3.05) is 0 Å². The van der Waals surface area contributed by atoms with E-state index in [1.807, 2.05) is 18.2 Å². The first kappa shape index (κ1) is 14.4. The average molecular weight is 270 g/mol. The highest BCUT2D eigenvalue weighted by Crippen LogP contribution is 2.44. The molecule has 0 aliphatic heterocycles. The maximum atomic E-state index is 10.5. The summed E-state index contributed by atoms with van der Waals surface area (Å²) < 4.78 is 0. The van der Waals surface area contributed by atoms with E-state index in [9.17, 15) is 9.59 Å². The van der Waals surface area contributed by atoms with Crippen molar-refractivity contribution in [1.29, 1.82) is 0 Å². The number of carbonyl (C=O) groups excluding carboxylic acids is 2. The van der Waals surface area contributed by atoms with Crippen molar-refractivity contribution >= 4 is 12.2 Å². The molecule has 0 atom stereocenters. The molecule has 0 unspecified atom stereocenters. The van der Waals surface area contributed by atoms with Crippen LogP contribution in [0.15, 0.2) is 40.3 Å². The van der Waals surface area contributed by atoms with E-state index in [1.165, 1.54) is 5.56 Å². The van der Waals surface area contributed by atoms with Crippen LogP contribution in [0, 0.1) is 5.41 Å². The van der Waals surface area contributed by atoms with Crippen LogP contribution in [0.4, 0.5) is 0 Å². The van der Waals surface area contributed by atoms with Gasteiger partial charge in [-0.3, -0.25) is 0 Å². The first-order chi connectivity index (χ1) is 9.61. The Hall–Kier alpha value is -2.02. The zero-order valence-corrected chi connectivity index (χ0v) is 11.6. The van der Waals surface area contributed by atoms with E-state index in [0.29, 0.717) is 12.8 Å². The molecule has 1 aliphatic rings. The lowest BCUT2D eigenvalue weighted by Crippen LogP contribution is -2.36. The lowest BCUT2D eigenvalue weighted by Gasteiger charge is -2.39. The Morgan fingerprint density at radius 3 is 2.05 bits per heavy atom. The van der Waals surface area contributed by atoms with Gasteiger partial charge in [0, 0.05) is 0 Å². The molecule has 20 heavy (non-hydrogen) atoms. The molecule has 1 aliphatic carbocycles. The molecule has 1 aromatic carbocycles. The molecule has 0 radical (unpaired) electrons. The molecule has 4 nitrogen and oxygen atoms in total. The molecule has 0 bridgehead atoms. The van der Waals surface area contributed by atoms with Gasteiger partial charge < -0.3 is 0 Å². The van der Waals surface area contributed by atoms with Crippen molar-refractivity contribution in [1.82, 2.24) is 0 Å². The first-order valence-corrected chi connectivity index (χ1v) is 6.83. The molecule has 0 saturated heterocycles. The largest absolute Gasteiger partial charge is 0.237 e. The molecule has 0 N–H and O–H groups in total. The molecule has 1 aromatic rings. The van der Waals surface area contributed by atoms with Gasteiger partial charge >= 0.3 is 0 Å². The van der Waals surface area contributed by atoms with Crippen LogP contribution in [-0.2, 0) is 16.0 Å². The Balaban J connectivity index is 2.09.